The molecule has 28 heavy (non-hydrogen) atoms. The number of rotatable bonds is 8. The van der Waals surface area contributed by atoms with Crippen molar-refractivity contribution in [3.05, 3.63) is 54.1 Å². The molecule has 2 rings (SSSR count). The van der Waals surface area contributed by atoms with E-state index in [2.05, 4.69) is 10.6 Å². The molecule has 0 heterocycles. The molecule has 0 aliphatic rings. The van der Waals surface area contributed by atoms with Gasteiger partial charge in [-0.15, -0.1) is 0 Å². The van der Waals surface area contributed by atoms with E-state index in [1.54, 1.807) is 55.6 Å². The molecule has 2 N–H and O–H groups in total. The number of benzene rings is 2. The predicted octanol–water partition coefficient (Wildman–Crippen LogP) is 1.99. The summed E-state index contributed by atoms with van der Waals surface area (Å²) in [7, 11) is 4.68. The van der Waals surface area contributed by atoms with Gasteiger partial charge in [-0.05, 0) is 24.3 Å². The van der Waals surface area contributed by atoms with Crippen molar-refractivity contribution < 1.29 is 23.9 Å². The van der Waals surface area contributed by atoms with E-state index in [1.165, 1.54) is 19.1 Å². The van der Waals surface area contributed by atoms with E-state index in [0.717, 1.165) is 0 Å². The van der Waals surface area contributed by atoms with Gasteiger partial charge in [-0.25, -0.2) is 4.79 Å². The predicted molar refractivity (Wildman–Crippen MR) is 106 cm³/mol. The van der Waals surface area contributed by atoms with Crippen LogP contribution in [0.2, 0.25) is 0 Å². The molecule has 0 bridgehead atoms. The number of anilines is 2. The maximum Gasteiger partial charge on any atom is 0.340 e. The highest BCUT2D eigenvalue weighted by Crippen LogP contribution is 2.17. The number of para-hydroxylation sites is 1. The van der Waals surface area contributed by atoms with Gasteiger partial charge in [-0.1, -0.05) is 18.2 Å². The van der Waals surface area contributed by atoms with E-state index in [9.17, 15) is 14.4 Å². The average Bonchev–Trinajstić information content (AvgIpc) is 2.71. The van der Waals surface area contributed by atoms with Crippen LogP contribution in [0.25, 0.3) is 0 Å². The number of hydrogen-bond acceptors (Lipinski definition) is 6. The highest BCUT2D eigenvalue weighted by atomic mass is 16.5. The number of esters is 1. The van der Waals surface area contributed by atoms with E-state index in [-0.39, 0.29) is 12.5 Å². The molecule has 2 aromatic rings. The topological polar surface area (TPSA) is 97.0 Å². The molecule has 2 aromatic carbocycles. The van der Waals surface area contributed by atoms with Gasteiger partial charge in [0.2, 0.25) is 5.91 Å². The minimum atomic E-state index is -0.618. The zero-order chi connectivity index (χ0) is 20.5. The Morgan fingerprint density at radius 2 is 1.82 bits per heavy atom. The normalized spacial score (nSPS) is 9.96. The highest BCUT2D eigenvalue weighted by Gasteiger charge is 2.17. The summed E-state index contributed by atoms with van der Waals surface area (Å²) in [6.45, 7) is -0.638. The number of nitrogens with zero attached hydrogens (tertiary/aromatic N) is 1. The molecule has 0 radical (unpaired) electrons. The molecular weight excluding hydrogens is 362 g/mol. The van der Waals surface area contributed by atoms with Crippen LogP contribution in [0, 0.1) is 0 Å². The zero-order valence-corrected chi connectivity index (χ0v) is 16.0. The van der Waals surface area contributed by atoms with Crippen molar-refractivity contribution in [2.24, 2.45) is 0 Å². The Morgan fingerprint density at radius 3 is 2.54 bits per heavy atom. The maximum absolute atomic E-state index is 12.2. The lowest BCUT2D eigenvalue weighted by Gasteiger charge is -2.17. The summed E-state index contributed by atoms with van der Waals surface area (Å²) in [4.78, 5) is 37.6. The first-order chi connectivity index (χ1) is 13.4. The van der Waals surface area contributed by atoms with Gasteiger partial charge in [-0.2, -0.15) is 0 Å². The standard InChI is InChI=1S/C20H23N3O5/c1-21-17-10-5-4-9-16(17)20(26)28-13-19(25)23(2)12-18(24)22-14-7-6-8-15(11-14)27-3/h4-11,21H,12-13H2,1-3H3,(H,22,24). The van der Waals surface area contributed by atoms with Gasteiger partial charge in [0.15, 0.2) is 6.61 Å². The fourth-order valence-electron chi connectivity index (χ4n) is 2.40. The molecule has 0 spiro atoms. The number of ether oxygens (including phenoxy) is 2. The van der Waals surface area contributed by atoms with Crippen LogP contribution in [-0.4, -0.2) is 57.0 Å². The van der Waals surface area contributed by atoms with E-state index in [4.69, 9.17) is 9.47 Å². The van der Waals surface area contributed by atoms with Crippen LogP contribution in [-0.2, 0) is 14.3 Å². The Morgan fingerprint density at radius 1 is 1.07 bits per heavy atom. The van der Waals surface area contributed by atoms with Crippen LogP contribution in [0.5, 0.6) is 5.75 Å². The van der Waals surface area contributed by atoms with Crippen molar-refractivity contribution in [1.82, 2.24) is 4.90 Å². The maximum atomic E-state index is 12.2. The second-order valence-electron chi connectivity index (χ2n) is 5.90. The molecule has 0 fully saturated rings. The number of carbonyl (C=O) groups excluding carboxylic acids is 3. The molecule has 8 nitrogen and oxygen atoms in total. The number of hydrogen-bond donors (Lipinski definition) is 2. The molecule has 148 valence electrons. The van der Waals surface area contributed by atoms with Crippen molar-refractivity contribution >= 4 is 29.2 Å². The summed E-state index contributed by atoms with van der Waals surface area (Å²) in [6, 6.07) is 13.7. The fraction of sp³-hybridized carbons (Fsp3) is 0.250. The van der Waals surface area contributed by atoms with Crippen LogP contribution in [0.15, 0.2) is 48.5 Å². The molecule has 0 saturated carbocycles. The summed E-state index contributed by atoms with van der Waals surface area (Å²) < 4.78 is 10.2. The largest absolute Gasteiger partial charge is 0.497 e. The summed E-state index contributed by atoms with van der Waals surface area (Å²) in [5.74, 6) is -0.879. The molecule has 2 amide bonds. The van der Waals surface area contributed by atoms with Gasteiger partial charge < -0.3 is 25.0 Å². The van der Waals surface area contributed by atoms with Crippen molar-refractivity contribution in [3.63, 3.8) is 0 Å². The molecular formula is C20H23N3O5. The fourth-order valence-corrected chi connectivity index (χ4v) is 2.40. The van der Waals surface area contributed by atoms with Gasteiger partial charge in [0.1, 0.15) is 5.75 Å². The molecule has 0 atom stereocenters. The summed E-state index contributed by atoms with van der Waals surface area (Å²) in [5.41, 5.74) is 1.49. The lowest BCUT2D eigenvalue weighted by Crippen LogP contribution is -2.37. The van der Waals surface area contributed by atoms with Crippen LogP contribution in [0.3, 0.4) is 0 Å². The third-order valence-corrected chi connectivity index (χ3v) is 3.90. The molecule has 0 saturated heterocycles. The van der Waals surface area contributed by atoms with Crippen LogP contribution in [0.4, 0.5) is 11.4 Å². The summed E-state index contributed by atoms with van der Waals surface area (Å²) >= 11 is 0. The Labute approximate surface area is 163 Å². The Hall–Kier alpha value is -3.55. The minimum Gasteiger partial charge on any atom is -0.497 e. The first kappa shape index (κ1) is 20.8. The smallest absolute Gasteiger partial charge is 0.340 e. The van der Waals surface area contributed by atoms with E-state index in [0.29, 0.717) is 22.7 Å². The summed E-state index contributed by atoms with van der Waals surface area (Å²) in [6.07, 6.45) is 0. The summed E-state index contributed by atoms with van der Waals surface area (Å²) in [5, 5.41) is 5.57. The van der Waals surface area contributed by atoms with E-state index in [1.807, 2.05) is 0 Å². The highest BCUT2D eigenvalue weighted by molar-refractivity contribution is 5.97. The molecule has 0 aliphatic heterocycles. The first-order valence-electron chi connectivity index (χ1n) is 8.56. The lowest BCUT2D eigenvalue weighted by atomic mass is 10.2. The third kappa shape index (κ3) is 5.73. The number of carbonyl (C=O) groups is 3. The van der Waals surface area contributed by atoms with Gasteiger partial charge >= 0.3 is 5.97 Å². The number of nitrogens with one attached hydrogen (secondary N) is 2. The van der Waals surface area contributed by atoms with E-state index < -0.39 is 18.5 Å². The Balaban J connectivity index is 1.85. The van der Waals surface area contributed by atoms with Crippen molar-refractivity contribution in [3.8, 4) is 5.75 Å². The SMILES string of the molecule is CNc1ccccc1C(=O)OCC(=O)N(C)CC(=O)Nc1cccc(OC)c1. The number of amides is 2. The second kappa shape index (κ2) is 9.96. The van der Waals surface area contributed by atoms with Crippen LogP contribution >= 0.6 is 0 Å². The van der Waals surface area contributed by atoms with Gasteiger partial charge in [0.05, 0.1) is 19.2 Å². The van der Waals surface area contributed by atoms with E-state index >= 15 is 0 Å². The van der Waals surface area contributed by atoms with Crippen molar-refractivity contribution in [2.75, 3.05) is 45.0 Å². The van der Waals surface area contributed by atoms with Crippen LogP contribution in [0.1, 0.15) is 10.4 Å². The molecule has 0 aromatic heterocycles. The van der Waals surface area contributed by atoms with Crippen molar-refractivity contribution in [2.45, 2.75) is 0 Å². The van der Waals surface area contributed by atoms with Crippen LogP contribution < -0.4 is 15.4 Å². The first-order valence-corrected chi connectivity index (χ1v) is 8.56. The average molecular weight is 385 g/mol. The third-order valence-electron chi connectivity index (χ3n) is 3.90. The quantitative estimate of drug-likeness (QED) is 0.675. The van der Waals surface area contributed by atoms with Gasteiger partial charge in [-0.3, -0.25) is 9.59 Å². The van der Waals surface area contributed by atoms with Gasteiger partial charge in [0, 0.05) is 31.5 Å². The zero-order valence-electron chi connectivity index (χ0n) is 16.0. The van der Waals surface area contributed by atoms with Crippen molar-refractivity contribution in [1.29, 1.82) is 0 Å². The molecule has 8 heteroatoms. The monoisotopic (exact) mass is 385 g/mol. The number of methoxy groups -OCH3 is 1. The Kier molecular flexibility index (Phi) is 7.38. The molecule has 0 unspecified atom stereocenters. The number of likely N-dealkylation sites (N-methyl/N-ethyl adjacent to an activating group) is 1. The van der Waals surface area contributed by atoms with Gasteiger partial charge in [0.25, 0.3) is 5.91 Å². The lowest BCUT2D eigenvalue weighted by molar-refractivity contribution is -0.136. The minimum absolute atomic E-state index is 0.180. The second-order valence-corrected chi connectivity index (χ2v) is 5.90. The Bertz CT molecular complexity index is 853. The molecule has 0 aliphatic carbocycles.